The molecule has 24 heavy (non-hydrogen) atoms. The molecule has 4 aromatic heterocycles. The zero-order chi connectivity index (χ0) is 15.9. The average Bonchev–Trinajstić information content (AvgIpc) is 3.31. The summed E-state index contributed by atoms with van der Waals surface area (Å²) in [6, 6.07) is 11.6. The number of pyridine rings is 1. The van der Waals surface area contributed by atoms with Crippen LogP contribution in [0.1, 0.15) is 5.01 Å². The van der Waals surface area contributed by atoms with Crippen molar-refractivity contribution < 1.29 is 0 Å². The third-order valence-electron chi connectivity index (χ3n) is 3.68. The molecule has 0 bridgehead atoms. The molecule has 0 fully saturated rings. The Balaban J connectivity index is 1.55. The van der Waals surface area contributed by atoms with Crippen LogP contribution >= 0.6 is 11.3 Å². The van der Waals surface area contributed by atoms with Crippen LogP contribution in [0.5, 0.6) is 0 Å². The number of rotatable bonds is 3. The first-order chi connectivity index (χ1) is 11.9. The second-order valence-electron chi connectivity index (χ2n) is 5.19. The Morgan fingerprint density at radius 1 is 0.958 bits per heavy atom. The first-order valence-corrected chi connectivity index (χ1v) is 8.10. The molecule has 0 unspecified atom stereocenters. The largest absolute Gasteiger partial charge is 0.265 e. The third kappa shape index (κ3) is 2.06. The van der Waals surface area contributed by atoms with Gasteiger partial charge in [0.1, 0.15) is 10.5 Å². The number of hydrogen-bond donors (Lipinski definition) is 0. The SMILES string of the molecule is c1ccc2c(c1)nnn2Cc1nn2c(-c3ccncc3)nnc2s1. The van der Waals surface area contributed by atoms with Gasteiger partial charge in [-0.25, -0.2) is 4.68 Å². The van der Waals surface area contributed by atoms with Crippen molar-refractivity contribution in [3.8, 4) is 11.4 Å². The average molecular weight is 334 g/mol. The lowest BCUT2D eigenvalue weighted by atomic mass is 10.2. The predicted molar refractivity (Wildman–Crippen MR) is 88.5 cm³/mol. The van der Waals surface area contributed by atoms with Gasteiger partial charge in [0.05, 0.1) is 12.1 Å². The second-order valence-corrected chi connectivity index (χ2v) is 6.23. The Bertz CT molecular complexity index is 1140. The van der Waals surface area contributed by atoms with E-state index in [1.165, 1.54) is 11.3 Å². The fourth-order valence-corrected chi connectivity index (χ4v) is 3.38. The van der Waals surface area contributed by atoms with E-state index in [4.69, 9.17) is 0 Å². The zero-order valence-electron chi connectivity index (χ0n) is 12.3. The molecular weight excluding hydrogens is 324 g/mol. The topological polar surface area (TPSA) is 86.7 Å². The highest BCUT2D eigenvalue weighted by Crippen LogP contribution is 2.22. The molecule has 1 aromatic carbocycles. The molecule has 0 saturated heterocycles. The maximum atomic E-state index is 4.63. The molecule has 4 heterocycles. The van der Waals surface area contributed by atoms with Crippen LogP contribution in [0.15, 0.2) is 48.8 Å². The molecule has 0 amide bonds. The molecular formula is C15H10N8S. The fourth-order valence-electron chi connectivity index (χ4n) is 2.56. The third-order valence-corrected chi connectivity index (χ3v) is 4.56. The lowest BCUT2D eigenvalue weighted by Gasteiger charge is -1.98. The summed E-state index contributed by atoms with van der Waals surface area (Å²) in [5, 5.41) is 22.3. The normalized spacial score (nSPS) is 11.5. The summed E-state index contributed by atoms with van der Waals surface area (Å²) < 4.78 is 3.60. The van der Waals surface area contributed by atoms with E-state index in [1.807, 2.05) is 41.1 Å². The van der Waals surface area contributed by atoms with Crippen molar-refractivity contribution in [3.63, 3.8) is 0 Å². The Morgan fingerprint density at radius 2 is 1.83 bits per heavy atom. The Hall–Kier alpha value is -3.20. The van der Waals surface area contributed by atoms with Gasteiger partial charge in [0.25, 0.3) is 0 Å². The van der Waals surface area contributed by atoms with Crippen LogP contribution in [0.4, 0.5) is 0 Å². The van der Waals surface area contributed by atoms with Crippen molar-refractivity contribution in [1.29, 1.82) is 0 Å². The summed E-state index contributed by atoms with van der Waals surface area (Å²) in [6.07, 6.45) is 3.45. The van der Waals surface area contributed by atoms with E-state index in [2.05, 4.69) is 30.6 Å². The van der Waals surface area contributed by atoms with Crippen LogP contribution in [0.25, 0.3) is 27.4 Å². The summed E-state index contributed by atoms with van der Waals surface area (Å²) in [7, 11) is 0. The van der Waals surface area contributed by atoms with Crippen LogP contribution < -0.4 is 0 Å². The van der Waals surface area contributed by atoms with Gasteiger partial charge in [-0.2, -0.15) is 9.61 Å². The van der Waals surface area contributed by atoms with Gasteiger partial charge >= 0.3 is 0 Å². The maximum Gasteiger partial charge on any atom is 0.235 e. The van der Waals surface area contributed by atoms with Crippen LogP contribution in [0.3, 0.4) is 0 Å². The van der Waals surface area contributed by atoms with Crippen LogP contribution in [-0.4, -0.2) is 39.8 Å². The highest BCUT2D eigenvalue weighted by Gasteiger charge is 2.14. The monoisotopic (exact) mass is 334 g/mol. The van der Waals surface area contributed by atoms with Gasteiger partial charge in [0, 0.05) is 18.0 Å². The highest BCUT2D eigenvalue weighted by atomic mass is 32.1. The van der Waals surface area contributed by atoms with Crippen molar-refractivity contribution in [3.05, 3.63) is 53.8 Å². The van der Waals surface area contributed by atoms with Gasteiger partial charge in [-0.05, 0) is 24.3 Å². The number of benzene rings is 1. The van der Waals surface area contributed by atoms with E-state index >= 15 is 0 Å². The summed E-state index contributed by atoms with van der Waals surface area (Å²) in [4.78, 5) is 4.78. The zero-order valence-corrected chi connectivity index (χ0v) is 13.1. The second kappa shape index (κ2) is 5.17. The van der Waals surface area contributed by atoms with E-state index in [0.717, 1.165) is 26.6 Å². The van der Waals surface area contributed by atoms with Crippen molar-refractivity contribution in [1.82, 2.24) is 39.8 Å². The first kappa shape index (κ1) is 13.3. The number of nitrogens with zero attached hydrogens (tertiary/aromatic N) is 8. The van der Waals surface area contributed by atoms with Crippen LogP contribution in [-0.2, 0) is 6.54 Å². The minimum absolute atomic E-state index is 0.546. The van der Waals surface area contributed by atoms with Gasteiger partial charge in [-0.1, -0.05) is 28.7 Å². The van der Waals surface area contributed by atoms with Gasteiger partial charge in [-0.3, -0.25) is 4.98 Å². The first-order valence-electron chi connectivity index (χ1n) is 7.28. The molecule has 9 heteroatoms. The molecule has 0 N–H and O–H groups in total. The lowest BCUT2D eigenvalue weighted by Crippen LogP contribution is -2.02. The standard InChI is InChI=1S/C15H10N8S/c1-2-4-12-11(3-1)17-21-22(12)9-13-20-23-14(18-19-15(23)24-13)10-5-7-16-8-6-10/h1-8H,9H2. The minimum atomic E-state index is 0.546. The van der Waals surface area contributed by atoms with Gasteiger partial charge in [0.2, 0.25) is 4.96 Å². The van der Waals surface area contributed by atoms with Crippen molar-refractivity contribution in [2.75, 3.05) is 0 Å². The van der Waals surface area contributed by atoms with Gasteiger partial charge in [0.15, 0.2) is 5.82 Å². The Labute approximate surface area is 139 Å². The molecule has 116 valence electrons. The molecule has 0 aliphatic heterocycles. The van der Waals surface area contributed by atoms with E-state index in [1.54, 1.807) is 16.9 Å². The van der Waals surface area contributed by atoms with Crippen molar-refractivity contribution in [2.24, 2.45) is 0 Å². The Kier molecular flexibility index (Phi) is 2.85. The predicted octanol–water partition coefficient (Wildman–Crippen LogP) is 2.04. The van der Waals surface area contributed by atoms with Gasteiger partial charge < -0.3 is 0 Å². The lowest BCUT2D eigenvalue weighted by molar-refractivity contribution is 0.659. The highest BCUT2D eigenvalue weighted by molar-refractivity contribution is 7.16. The Morgan fingerprint density at radius 3 is 2.75 bits per heavy atom. The maximum absolute atomic E-state index is 4.63. The molecule has 0 aliphatic rings. The van der Waals surface area contributed by atoms with E-state index < -0.39 is 0 Å². The summed E-state index contributed by atoms with van der Waals surface area (Å²) in [5.41, 5.74) is 2.79. The number of fused-ring (bicyclic) bond motifs is 2. The molecule has 0 atom stereocenters. The van der Waals surface area contributed by atoms with Crippen LogP contribution in [0, 0.1) is 0 Å². The molecule has 8 nitrogen and oxygen atoms in total. The molecule has 0 spiro atoms. The van der Waals surface area contributed by atoms with Crippen molar-refractivity contribution >= 4 is 27.3 Å². The van der Waals surface area contributed by atoms with E-state index in [0.29, 0.717) is 12.4 Å². The summed E-state index contributed by atoms with van der Waals surface area (Å²) in [5.74, 6) is 0.707. The van der Waals surface area contributed by atoms with Gasteiger partial charge in [-0.15, -0.1) is 15.3 Å². The molecule has 0 aliphatic carbocycles. The summed E-state index contributed by atoms with van der Waals surface area (Å²) in [6.45, 7) is 0.546. The summed E-state index contributed by atoms with van der Waals surface area (Å²) >= 11 is 1.49. The fraction of sp³-hybridized carbons (Fsp3) is 0.0667. The van der Waals surface area contributed by atoms with E-state index in [9.17, 15) is 0 Å². The molecule has 0 saturated carbocycles. The quantitative estimate of drug-likeness (QED) is 0.502. The number of aromatic nitrogens is 8. The molecule has 5 rings (SSSR count). The minimum Gasteiger partial charge on any atom is -0.265 e. The van der Waals surface area contributed by atoms with Crippen LogP contribution in [0.2, 0.25) is 0 Å². The number of para-hydroxylation sites is 1. The smallest absolute Gasteiger partial charge is 0.235 e. The van der Waals surface area contributed by atoms with E-state index in [-0.39, 0.29) is 0 Å². The molecule has 5 aromatic rings. The number of hydrogen-bond acceptors (Lipinski definition) is 7. The van der Waals surface area contributed by atoms with Crippen molar-refractivity contribution in [2.45, 2.75) is 6.54 Å². The molecule has 0 radical (unpaired) electrons.